The maximum Gasteiger partial charge on any atom is 0.0560 e. The molecule has 2 aliphatic heterocycles. The molecule has 0 radical (unpaired) electrons. The predicted octanol–water partition coefficient (Wildman–Crippen LogP) is 8.00. The lowest BCUT2D eigenvalue weighted by Gasteiger charge is -2.27. The van der Waals surface area contributed by atoms with Crippen LogP contribution in [0.5, 0.6) is 0 Å². The van der Waals surface area contributed by atoms with E-state index in [1.807, 2.05) is 7.05 Å². The zero-order valence-corrected chi connectivity index (χ0v) is 26.5. The molecule has 0 spiro atoms. The van der Waals surface area contributed by atoms with Crippen LogP contribution in [0.25, 0.3) is 0 Å². The molecule has 0 bridgehead atoms. The van der Waals surface area contributed by atoms with Gasteiger partial charge in [0.05, 0.1) is 5.71 Å². The SMILES string of the molecule is CCc1cc(CCC2CCCN(C)CC2)ccc1CCCCc1cc(C(CN2CCCCC2)=NC)c(C)cc1C. The van der Waals surface area contributed by atoms with Crippen molar-refractivity contribution < 1.29 is 0 Å². The highest BCUT2D eigenvalue weighted by Gasteiger charge is 2.17. The van der Waals surface area contributed by atoms with Crippen LogP contribution in [0.3, 0.4) is 0 Å². The molecule has 0 amide bonds. The van der Waals surface area contributed by atoms with E-state index in [0.29, 0.717) is 0 Å². The maximum atomic E-state index is 4.77. The van der Waals surface area contributed by atoms with Gasteiger partial charge in [-0.2, -0.15) is 0 Å². The first kappa shape index (κ1) is 31.0. The van der Waals surface area contributed by atoms with Crippen molar-refractivity contribution in [3.63, 3.8) is 0 Å². The highest BCUT2D eigenvalue weighted by molar-refractivity contribution is 6.03. The van der Waals surface area contributed by atoms with E-state index in [0.717, 1.165) is 25.3 Å². The summed E-state index contributed by atoms with van der Waals surface area (Å²) in [6, 6.07) is 12.3. The van der Waals surface area contributed by atoms with Gasteiger partial charge in [-0.1, -0.05) is 37.6 Å². The summed E-state index contributed by atoms with van der Waals surface area (Å²) >= 11 is 0. The molecule has 0 aromatic heterocycles. The number of aryl methyl sites for hydroxylation is 6. The van der Waals surface area contributed by atoms with Gasteiger partial charge in [0, 0.05) is 19.2 Å². The van der Waals surface area contributed by atoms with Crippen LogP contribution >= 0.6 is 0 Å². The Morgan fingerprint density at radius 2 is 1.57 bits per heavy atom. The molecule has 3 heteroatoms. The van der Waals surface area contributed by atoms with E-state index >= 15 is 0 Å². The molecule has 1 atom stereocenters. The fraction of sp³-hybridized carbons (Fsp3) is 0.649. The first-order chi connectivity index (χ1) is 19.5. The number of hydrogen-bond acceptors (Lipinski definition) is 3. The van der Waals surface area contributed by atoms with Crippen LogP contribution in [0.15, 0.2) is 35.3 Å². The fourth-order valence-corrected chi connectivity index (χ4v) is 7.09. The Kier molecular flexibility index (Phi) is 12.3. The molecule has 4 rings (SSSR count). The molecule has 3 nitrogen and oxygen atoms in total. The van der Waals surface area contributed by atoms with Gasteiger partial charge in [-0.25, -0.2) is 0 Å². The van der Waals surface area contributed by atoms with E-state index < -0.39 is 0 Å². The van der Waals surface area contributed by atoms with Crippen LogP contribution in [0.4, 0.5) is 0 Å². The summed E-state index contributed by atoms with van der Waals surface area (Å²) in [5.41, 5.74) is 11.7. The van der Waals surface area contributed by atoms with E-state index in [1.165, 1.54) is 125 Å². The summed E-state index contributed by atoms with van der Waals surface area (Å²) < 4.78 is 0. The first-order valence-corrected chi connectivity index (χ1v) is 16.5. The van der Waals surface area contributed by atoms with E-state index in [2.05, 4.69) is 68.0 Å². The van der Waals surface area contributed by atoms with Crippen LogP contribution in [0.2, 0.25) is 0 Å². The fourth-order valence-electron chi connectivity index (χ4n) is 7.09. The van der Waals surface area contributed by atoms with Gasteiger partial charge >= 0.3 is 0 Å². The molecule has 0 aliphatic carbocycles. The Morgan fingerprint density at radius 1 is 0.800 bits per heavy atom. The van der Waals surface area contributed by atoms with Crippen LogP contribution in [-0.2, 0) is 25.7 Å². The largest absolute Gasteiger partial charge is 0.306 e. The minimum Gasteiger partial charge on any atom is -0.306 e. The van der Waals surface area contributed by atoms with Gasteiger partial charge in [-0.3, -0.25) is 9.89 Å². The quantitative estimate of drug-likeness (QED) is 0.199. The van der Waals surface area contributed by atoms with Gasteiger partial charge < -0.3 is 4.90 Å². The minimum atomic E-state index is 0.907. The predicted molar refractivity (Wildman–Crippen MR) is 174 cm³/mol. The molecule has 1 unspecified atom stereocenters. The highest BCUT2D eigenvalue weighted by Crippen LogP contribution is 2.25. The zero-order chi connectivity index (χ0) is 28.3. The van der Waals surface area contributed by atoms with Gasteiger partial charge in [0.25, 0.3) is 0 Å². The van der Waals surface area contributed by atoms with Crippen LogP contribution in [-0.4, -0.2) is 62.3 Å². The van der Waals surface area contributed by atoms with E-state index in [1.54, 1.807) is 16.7 Å². The molecule has 2 aromatic rings. The lowest BCUT2D eigenvalue weighted by molar-refractivity contribution is 0.258. The van der Waals surface area contributed by atoms with E-state index in [-0.39, 0.29) is 0 Å². The van der Waals surface area contributed by atoms with Crippen molar-refractivity contribution in [3.05, 3.63) is 69.3 Å². The van der Waals surface area contributed by atoms with Crippen LogP contribution in [0, 0.1) is 19.8 Å². The van der Waals surface area contributed by atoms with Gasteiger partial charge in [0.15, 0.2) is 0 Å². The number of benzene rings is 2. The van der Waals surface area contributed by atoms with Crippen molar-refractivity contribution in [2.75, 3.05) is 46.8 Å². The number of piperidine rings is 1. The molecular weight excluding hydrogens is 486 g/mol. The number of unbranched alkanes of at least 4 members (excludes halogenated alkanes) is 1. The third-order valence-corrected chi connectivity index (χ3v) is 9.79. The Balaban J connectivity index is 1.30. The second kappa shape index (κ2) is 15.9. The molecular formula is C37H57N3. The molecule has 2 aromatic carbocycles. The number of hydrogen-bond donors (Lipinski definition) is 0. The van der Waals surface area contributed by atoms with Gasteiger partial charge in [0.2, 0.25) is 0 Å². The summed E-state index contributed by atoms with van der Waals surface area (Å²) in [6.07, 6.45) is 16.8. The van der Waals surface area contributed by atoms with Crippen LogP contribution in [0.1, 0.15) is 104 Å². The molecule has 2 heterocycles. The van der Waals surface area contributed by atoms with Crippen molar-refractivity contribution in [3.8, 4) is 0 Å². The smallest absolute Gasteiger partial charge is 0.0560 e. The van der Waals surface area contributed by atoms with Gasteiger partial charge in [-0.05, 0) is 169 Å². The first-order valence-electron chi connectivity index (χ1n) is 16.5. The minimum absolute atomic E-state index is 0.907. The third kappa shape index (κ3) is 9.02. The summed E-state index contributed by atoms with van der Waals surface area (Å²) in [7, 11) is 4.26. The molecule has 220 valence electrons. The second-order valence-corrected chi connectivity index (χ2v) is 12.9. The van der Waals surface area contributed by atoms with Crippen molar-refractivity contribution in [2.24, 2.45) is 10.9 Å². The van der Waals surface area contributed by atoms with E-state index in [9.17, 15) is 0 Å². The van der Waals surface area contributed by atoms with Gasteiger partial charge in [0.1, 0.15) is 0 Å². The number of nitrogens with zero attached hydrogens (tertiary/aromatic N) is 3. The summed E-state index contributed by atoms with van der Waals surface area (Å²) in [6.45, 7) is 12.9. The normalized spacial score (nSPS) is 19.6. The average molecular weight is 544 g/mol. The van der Waals surface area contributed by atoms with Crippen molar-refractivity contribution in [1.29, 1.82) is 0 Å². The Labute approximate surface area is 246 Å². The lowest BCUT2D eigenvalue weighted by Crippen LogP contribution is -2.35. The van der Waals surface area contributed by atoms with E-state index in [4.69, 9.17) is 4.99 Å². The number of likely N-dealkylation sites (tertiary alicyclic amines) is 2. The molecule has 2 fully saturated rings. The van der Waals surface area contributed by atoms with Crippen molar-refractivity contribution in [1.82, 2.24) is 9.80 Å². The summed E-state index contributed by atoms with van der Waals surface area (Å²) in [5, 5.41) is 0. The molecule has 2 aliphatic rings. The molecule has 0 N–H and O–H groups in total. The maximum absolute atomic E-state index is 4.77. The molecule has 0 saturated carbocycles. The topological polar surface area (TPSA) is 18.8 Å². The lowest BCUT2D eigenvalue weighted by atomic mass is 9.90. The Bertz CT molecular complexity index is 1090. The summed E-state index contributed by atoms with van der Waals surface area (Å²) in [4.78, 5) is 9.87. The van der Waals surface area contributed by atoms with Gasteiger partial charge in [-0.15, -0.1) is 0 Å². The third-order valence-electron chi connectivity index (χ3n) is 9.79. The molecule has 40 heavy (non-hydrogen) atoms. The van der Waals surface area contributed by atoms with Crippen molar-refractivity contribution in [2.45, 2.75) is 104 Å². The zero-order valence-electron chi connectivity index (χ0n) is 26.5. The standard InChI is InChI=1S/C37H57N3/c1-6-33-26-32(17-16-31-13-12-21-39(5)24-20-31)18-19-34(33)14-8-9-15-35-27-36(30(3)25-29(35)2)37(38-4)28-40-22-10-7-11-23-40/h18-19,25-27,31H,6-17,20-24,28H2,1-5H3. The number of aliphatic imine (C=N–C) groups is 1. The van der Waals surface area contributed by atoms with Crippen molar-refractivity contribution >= 4 is 5.71 Å². The Hall–Kier alpha value is -1.97. The second-order valence-electron chi connectivity index (χ2n) is 12.9. The Morgan fingerprint density at radius 3 is 2.33 bits per heavy atom. The van der Waals surface area contributed by atoms with Crippen LogP contribution < -0.4 is 0 Å². The average Bonchev–Trinajstić information content (AvgIpc) is 3.18. The highest BCUT2D eigenvalue weighted by atomic mass is 15.1. The number of rotatable bonds is 12. The monoisotopic (exact) mass is 543 g/mol. The molecule has 2 saturated heterocycles. The summed E-state index contributed by atoms with van der Waals surface area (Å²) in [5.74, 6) is 0.907.